The average Bonchev–Trinajstić information content (AvgIpc) is 2.83. The molecule has 1 fully saturated rings. The predicted molar refractivity (Wildman–Crippen MR) is 68.4 cm³/mol. The van der Waals surface area contributed by atoms with Gasteiger partial charge < -0.3 is 10.1 Å². The van der Waals surface area contributed by atoms with Crippen LogP contribution in [0.25, 0.3) is 10.9 Å². The van der Waals surface area contributed by atoms with Crippen LogP contribution in [-0.4, -0.2) is 24.2 Å². The van der Waals surface area contributed by atoms with E-state index in [9.17, 15) is 0 Å². The quantitative estimate of drug-likeness (QED) is 0.856. The Labute approximate surface area is 101 Å². The summed E-state index contributed by atoms with van der Waals surface area (Å²) in [6, 6.07) is 10.2. The molecule has 1 N–H and O–H groups in total. The number of rotatable bonds is 2. The lowest BCUT2D eigenvalue weighted by Gasteiger charge is -2.14. The van der Waals surface area contributed by atoms with E-state index >= 15 is 0 Å². The molecule has 2 aromatic rings. The van der Waals surface area contributed by atoms with E-state index in [-0.39, 0.29) is 6.10 Å². The summed E-state index contributed by atoms with van der Waals surface area (Å²) in [4.78, 5) is 4.57. The van der Waals surface area contributed by atoms with Gasteiger partial charge in [0.2, 0.25) is 0 Å². The number of nitrogens with zero attached hydrogens (tertiary/aromatic N) is 1. The number of benzene rings is 1. The maximum absolute atomic E-state index is 6.02. The summed E-state index contributed by atoms with van der Waals surface area (Å²) in [5, 5.41) is 4.44. The Morgan fingerprint density at radius 3 is 3.06 bits per heavy atom. The Morgan fingerprint density at radius 2 is 2.24 bits per heavy atom. The molecular weight excluding hydrogens is 212 g/mol. The van der Waals surface area contributed by atoms with Gasteiger partial charge in [0.15, 0.2) is 0 Å². The molecule has 1 aliphatic heterocycles. The van der Waals surface area contributed by atoms with Crippen LogP contribution < -0.4 is 10.1 Å². The van der Waals surface area contributed by atoms with Gasteiger partial charge in [0, 0.05) is 17.6 Å². The summed E-state index contributed by atoms with van der Waals surface area (Å²) in [5.41, 5.74) is 2.00. The minimum Gasteiger partial charge on any atom is -0.487 e. The molecule has 0 unspecified atom stereocenters. The molecule has 0 spiro atoms. The number of aryl methyl sites for hydroxylation is 1. The molecule has 3 nitrogen and oxygen atoms in total. The minimum absolute atomic E-state index is 0.280. The van der Waals surface area contributed by atoms with E-state index in [2.05, 4.69) is 22.4 Å². The zero-order valence-corrected chi connectivity index (χ0v) is 9.94. The van der Waals surface area contributed by atoms with Gasteiger partial charge in [0.1, 0.15) is 17.4 Å². The van der Waals surface area contributed by atoms with Crippen molar-refractivity contribution in [3.05, 3.63) is 36.0 Å². The van der Waals surface area contributed by atoms with Gasteiger partial charge >= 0.3 is 0 Å². The van der Waals surface area contributed by atoms with Crippen LogP contribution in [0.15, 0.2) is 30.3 Å². The predicted octanol–water partition coefficient (Wildman–Crippen LogP) is 2.28. The van der Waals surface area contributed by atoms with Gasteiger partial charge in [-0.1, -0.05) is 18.2 Å². The largest absolute Gasteiger partial charge is 0.487 e. The van der Waals surface area contributed by atoms with Crippen LogP contribution in [0, 0.1) is 6.92 Å². The molecule has 1 aromatic carbocycles. The highest BCUT2D eigenvalue weighted by Crippen LogP contribution is 2.25. The van der Waals surface area contributed by atoms with E-state index in [1.807, 2.05) is 25.1 Å². The van der Waals surface area contributed by atoms with E-state index in [0.717, 1.165) is 41.9 Å². The first-order valence-corrected chi connectivity index (χ1v) is 6.07. The highest BCUT2D eigenvalue weighted by atomic mass is 16.5. The van der Waals surface area contributed by atoms with Crippen molar-refractivity contribution in [3.8, 4) is 5.75 Å². The molecule has 0 radical (unpaired) electrons. The lowest BCUT2D eigenvalue weighted by molar-refractivity contribution is 0.225. The van der Waals surface area contributed by atoms with E-state index in [1.54, 1.807) is 0 Å². The number of nitrogens with one attached hydrogen (secondary N) is 1. The molecule has 0 saturated carbocycles. The van der Waals surface area contributed by atoms with Crippen LogP contribution in [0.4, 0.5) is 0 Å². The van der Waals surface area contributed by atoms with Crippen molar-refractivity contribution in [2.45, 2.75) is 19.4 Å². The standard InChI is InChI=1S/C14H16N2O/c1-10-5-6-11-3-2-4-13(14(11)16-10)17-12-7-8-15-9-12/h2-6,12,15H,7-9H2,1H3/t12-/m0/s1. The average molecular weight is 228 g/mol. The fourth-order valence-electron chi connectivity index (χ4n) is 2.22. The number of pyridine rings is 1. The second-order valence-electron chi connectivity index (χ2n) is 4.51. The molecule has 0 bridgehead atoms. The molecule has 17 heavy (non-hydrogen) atoms. The molecule has 3 rings (SSSR count). The van der Waals surface area contributed by atoms with Crippen LogP contribution in [-0.2, 0) is 0 Å². The number of hydrogen-bond acceptors (Lipinski definition) is 3. The summed E-state index contributed by atoms with van der Waals surface area (Å²) in [7, 11) is 0. The molecule has 0 aliphatic carbocycles. The van der Waals surface area contributed by atoms with Gasteiger partial charge in [-0.25, -0.2) is 4.98 Å². The number of hydrogen-bond donors (Lipinski definition) is 1. The molecule has 88 valence electrons. The lowest BCUT2D eigenvalue weighted by Crippen LogP contribution is -2.19. The molecule has 1 saturated heterocycles. The smallest absolute Gasteiger partial charge is 0.146 e. The first kappa shape index (κ1) is 10.5. The Balaban J connectivity index is 1.99. The normalized spacial score (nSPS) is 19.7. The van der Waals surface area contributed by atoms with Crippen molar-refractivity contribution in [2.75, 3.05) is 13.1 Å². The summed E-state index contributed by atoms with van der Waals surface area (Å²) in [5.74, 6) is 0.903. The number of aromatic nitrogens is 1. The maximum Gasteiger partial charge on any atom is 0.146 e. The summed E-state index contributed by atoms with van der Waals surface area (Å²) in [6.07, 6.45) is 1.35. The SMILES string of the molecule is Cc1ccc2cccc(O[C@H]3CCNC3)c2n1. The van der Waals surface area contributed by atoms with Crippen LogP contribution in [0.3, 0.4) is 0 Å². The van der Waals surface area contributed by atoms with Gasteiger partial charge in [-0.3, -0.25) is 0 Å². The third kappa shape index (κ3) is 2.11. The van der Waals surface area contributed by atoms with Crippen molar-refractivity contribution in [1.29, 1.82) is 0 Å². The fraction of sp³-hybridized carbons (Fsp3) is 0.357. The minimum atomic E-state index is 0.280. The maximum atomic E-state index is 6.02. The van der Waals surface area contributed by atoms with Crippen LogP contribution in [0.1, 0.15) is 12.1 Å². The Morgan fingerprint density at radius 1 is 1.29 bits per heavy atom. The Hall–Kier alpha value is -1.61. The number of ether oxygens (including phenoxy) is 1. The first-order valence-electron chi connectivity index (χ1n) is 6.07. The molecule has 1 aromatic heterocycles. The van der Waals surface area contributed by atoms with Crippen LogP contribution in [0.5, 0.6) is 5.75 Å². The monoisotopic (exact) mass is 228 g/mol. The zero-order chi connectivity index (χ0) is 11.7. The second kappa shape index (κ2) is 4.34. The zero-order valence-electron chi connectivity index (χ0n) is 9.94. The van der Waals surface area contributed by atoms with E-state index < -0.39 is 0 Å². The molecule has 0 amide bonds. The van der Waals surface area contributed by atoms with Crippen molar-refractivity contribution in [1.82, 2.24) is 10.3 Å². The van der Waals surface area contributed by atoms with Crippen molar-refractivity contribution < 1.29 is 4.74 Å². The van der Waals surface area contributed by atoms with Gasteiger partial charge in [-0.05, 0) is 32.0 Å². The van der Waals surface area contributed by atoms with Crippen molar-refractivity contribution in [3.63, 3.8) is 0 Å². The van der Waals surface area contributed by atoms with Crippen LogP contribution >= 0.6 is 0 Å². The molecule has 1 atom stereocenters. The molecule has 3 heteroatoms. The highest BCUT2D eigenvalue weighted by molar-refractivity contribution is 5.84. The summed E-state index contributed by atoms with van der Waals surface area (Å²) in [6.45, 7) is 3.98. The molecular formula is C14H16N2O. The summed E-state index contributed by atoms with van der Waals surface area (Å²) >= 11 is 0. The molecule has 2 heterocycles. The van der Waals surface area contributed by atoms with Gasteiger partial charge in [-0.15, -0.1) is 0 Å². The van der Waals surface area contributed by atoms with Gasteiger partial charge in [-0.2, -0.15) is 0 Å². The summed E-state index contributed by atoms with van der Waals surface area (Å²) < 4.78 is 6.02. The topological polar surface area (TPSA) is 34.1 Å². The fourth-order valence-corrected chi connectivity index (χ4v) is 2.22. The highest BCUT2D eigenvalue weighted by Gasteiger charge is 2.17. The van der Waals surface area contributed by atoms with E-state index in [0.29, 0.717) is 0 Å². The second-order valence-corrected chi connectivity index (χ2v) is 4.51. The Kier molecular flexibility index (Phi) is 2.69. The van der Waals surface area contributed by atoms with E-state index in [4.69, 9.17) is 4.74 Å². The Bertz CT molecular complexity index is 533. The lowest BCUT2D eigenvalue weighted by atomic mass is 10.2. The molecule has 1 aliphatic rings. The van der Waals surface area contributed by atoms with Gasteiger partial charge in [0.25, 0.3) is 0 Å². The number of fused-ring (bicyclic) bond motifs is 1. The van der Waals surface area contributed by atoms with E-state index in [1.165, 1.54) is 0 Å². The first-order chi connectivity index (χ1) is 8.33. The number of para-hydroxylation sites is 1. The third-order valence-corrected chi connectivity index (χ3v) is 3.13. The van der Waals surface area contributed by atoms with Crippen LogP contribution in [0.2, 0.25) is 0 Å². The van der Waals surface area contributed by atoms with Crippen molar-refractivity contribution >= 4 is 10.9 Å². The third-order valence-electron chi connectivity index (χ3n) is 3.13. The van der Waals surface area contributed by atoms with Gasteiger partial charge in [0.05, 0.1) is 0 Å². The van der Waals surface area contributed by atoms with Crippen molar-refractivity contribution in [2.24, 2.45) is 0 Å².